The van der Waals surface area contributed by atoms with Gasteiger partial charge in [0.25, 0.3) is 0 Å². The van der Waals surface area contributed by atoms with Crippen LogP contribution in [0.2, 0.25) is 0 Å². The number of unbranched alkanes of at least 4 members (excludes halogenated alkanes) is 2. The zero-order valence-electron chi connectivity index (χ0n) is 19.6. The maximum Gasteiger partial charge on any atom is 0.408 e. The van der Waals surface area contributed by atoms with E-state index in [1.165, 1.54) is 31.2 Å². The van der Waals surface area contributed by atoms with E-state index in [2.05, 4.69) is 29.6 Å². The molecule has 3 rings (SSSR count). The fourth-order valence-corrected chi connectivity index (χ4v) is 3.91. The molecule has 0 spiro atoms. The minimum absolute atomic E-state index is 0.0766. The third kappa shape index (κ3) is 9.32. The SMILES string of the molecule is CC(C)(C)OC(=O)N[C@@H](CCCCCc1ccccc1)C(=O)N(CC1CC1)CC1CC1. The Morgan fingerprint density at radius 2 is 1.61 bits per heavy atom. The summed E-state index contributed by atoms with van der Waals surface area (Å²) in [6, 6.07) is 10.0. The number of nitrogens with one attached hydrogen (secondary N) is 1. The maximum atomic E-state index is 13.4. The summed E-state index contributed by atoms with van der Waals surface area (Å²) in [5, 5.41) is 2.90. The second-order valence-corrected chi connectivity index (χ2v) is 10.4. The van der Waals surface area contributed by atoms with E-state index < -0.39 is 17.7 Å². The van der Waals surface area contributed by atoms with Crippen LogP contribution < -0.4 is 5.32 Å². The minimum Gasteiger partial charge on any atom is -0.444 e. The number of rotatable bonds is 12. The van der Waals surface area contributed by atoms with E-state index in [4.69, 9.17) is 4.74 Å². The Bertz CT molecular complexity index is 691. The van der Waals surface area contributed by atoms with Crippen LogP contribution in [0, 0.1) is 11.8 Å². The third-order valence-corrected chi connectivity index (χ3v) is 5.95. The van der Waals surface area contributed by atoms with Crippen molar-refractivity contribution in [3.8, 4) is 0 Å². The van der Waals surface area contributed by atoms with Crippen LogP contribution in [0.1, 0.15) is 77.7 Å². The highest BCUT2D eigenvalue weighted by Crippen LogP contribution is 2.34. The highest BCUT2D eigenvalue weighted by atomic mass is 16.6. The average molecular weight is 429 g/mol. The van der Waals surface area contributed by atoms with Crippen molar-refractivity contribution in [1.82, 2.24) is 10.2 Å². The van der Waals surface area contributed by atoms with Crippen LogP contribution in [-0.2, 0) is 16.0 Å². The molecule has 0 bridgehead atoms. The largest absolute Gasteiger partial charge is 0.444 e. The Labute approximate surface area is 187 Å². The van der Waals surface area contributed by atoms with Gasteiger partial charge in [0.05, 0.1) is 0 Å². The Kier molecular flexibility index (Phi) is 8.39. The second kappa shape index (κ2) is 11.0. The molecule has 5 heteroatoms. The van der Waals surface area contributed by atoms with E-state index in [1.807, 2.05) is 31.7 Å². The van der Waals surface area contributed by atoms with Gasteiger partial charge in [0, 0.05) is 13.1 Å². The van der Waals surface area contributed by atoms with Gasteiger partial charge in [-0.3, -0.25) is 4.79 Å². The quantitative estimate of drug-likeness (QED) is 0.458. The fourth-order valence-electron chi connectivity index (χ4n) is 3.91. The number of carbonyl (C=O) groups is 2. The third-order valence-electron chi connectivity index (χ3n) is 5.95. The fraction of sp³-hybridized carbons (Fsp3) is 0.692. The molecule has 0 unspecified atom stereocenters. The number of amides is 2. The second-order valence-electron chi connectivity index (χ2n) is 10.4. The molecular weight excluding hydrogens is 388 g/mol. The topological polar surface area (TPSA) is 58.6 Å². The number of benzene rings is 1. The van der Waals surface area contributed by atoms with Crippen molar-refractivity contribution >= 4 is 12.0 Å². The normalized spacial score (nSPS) is 17.1. The molecule has 2 aliphatic rings. The van der Waals surface area contributed by atoms with E-state index in [9.17, 15) is 9.59 Å². The monoisotopic (exact) mass is 428 g/mol. The summed E-state index contributed by atoms with van der Waals surface area (Å²) in [5.41, 5.74) is 0.775. The molecular formula is C26H40N2O3. The van der Waals surface area contributed by atoms with Gasteiger partial charge in [-0.1, -0.05) is 43.2 Å². The first-order chi connectivity index (χ1) is 14.8. The van der Waals surface area contributed by atoms with Gasteiger partial charge in [-0.05, 0) is 83.1 Å². The van der Waals surface area contributed by atoms with E-state index in [0.717, 1.165) is 38.8 Å². The number of nitrogens with zero attached hydrogens (tertiary/aromatic N) is 1. The Morgan fingerprint density at radius 3 is 2.16 bits per heavy atom. The highest BCUT2D eigenvalue weighted by molar-refractivity contribution is 5.85. The molecule has 1 aromatic rings. The molecule has 172 valence electrons. The predicted octanol–water partition coefficient (Wildman–Crippen LogP) is 5.33. The summed E-state index contributed by atoms with van der Waals surface area (Å²) in [6.45, 7) is 7.23. The van der Waals surface area contributed by atoms with Gasteiger partial charge in [0.1, 0.15) is 11.6 Å². The van der Waals surface area contributed by atoms with Crippen LogP contribution in [0.4, 0.5) is 4.79 Å². The highest BCUT2D eigenvalue weighted by Gasteiger charge is 2.35. The van der Waals surface area contributed by atoms with Crippen molar-refractivity contribution in [1.29, 1.82) is 0 Å². The van der Waals surface area contributed by atoms with Gasteiger partial charge >= 0.3 is 6.09 Å². The molecule has 2 fully saturated rings. The molecule has 0 radical (unpaired) electrons. The zero-order chi connectivity index (χ0) is 22.3. The minimum atomic E-state index is -0.574. The Hall–Kier alpha value is -2.04. The molecule has 1 N–H and O–H groups in total. The molecule has 0 saturated heterocycles. The number of hydrogen-bond acceptors (Lipinski definition) is 3. The Balaban J connectivity index is 1.53. The molecule has 2 aliphatic carbocycles. The van der Waals surface area contributed by atoms with Crippen molar-refractivity contribution in [3.63, 3.8) is 0 Å². The number of carbonyl (C=O) groups excluding carboxylic acids is 2. The maximum absolute atomic E-state index is 13.4. The predicted molar refractivity (Wildman–Crippen MR) is 124 cm³/mol. The summed E-state index contributed by atoms with van der Waals surface area (Å²) in [7, 11) is 0. The first kappa shape index (κ1) is 23.6. The van der Waals surface area contributed by atoms with Crippen LogP contribution in [0.25, 0.3) is 0 Å². The average Bonchev–Trinajstić information content (AvgIpc) is 3.62. The van der Waals surface area contributed by atoms with Crippen LogP contribution in [0.3, 0.4) is 0 Å². The molecule has 1 aromatic carbocycles. The van der Waals surface area contributed by atoms with E-state index in [0.29, 0.717) is 18.3 Å². The van der Waals surface area contributed by atoms with Gasteiger partial charge in [-0.25, -0.2) is 4.79 Å². The number of alkyl carbamates (subject to hydrolysis) is 1. The Morgan fingerprint density at radius 1 is 1.00 bits per heavy atom. The standard InChI is InChI=1S/C26H40N2O3/c1-26(2,3)31-25(30)27-23(13-9-5-8-12-20-10-6-4-7-11-20)24(29)28(18-21-14-15-21)19-22-16-17-22/h4,6-7,10-11,21-23H,5,8-9,12-19H2,1-3H3,(H,27,30)/t23-/m0/s1. The number of hydrogen-bond donors (Lipinski definition) is 1. The van der Waals surface area contributed by atoms with Crippen LogP contribution in [0.5, 0.6) is 0 Å². The van der Waals surface area contributed by atoms with Gasteiger partial charge in [0.2, 0.25) is 5.91 Å². The number of aryl methyl sites for hydroxylation is 1. The summed E-state index contributed by atoms with van der Waals surface area (Å²) in [5.74, 6) is 1.37. The van der Waals surface area contributed by atoms with Crippen LogP contribution >= 0.6 is 0 Å². The lowest BCUT2D eigenvalue weighted by Gasteiger charge is -2.29. The smallest absolute Gasteiger partial charge is 0.408 e. The van der Waals surface area contributed by atoms with Gasteiger partial charge in [-0.15, -0.1) is 0 Å². The molecule has 0 aliphatic heterocycles. The first-order valence-corrected chi connectivity index (χ1v) is 12.1. The lowest BCUT2D eigenvalue weighted by Crippen LogP contribution is -2.50. The molecule has 2 amide bonds. The molecule has 31 heavy (non-hydrogen) atoms. The molecule has 1 atom stereocenters. The van der Waals surface area contributed by atoms with E-state index >= 15 is 0 Å². The van der Waals surface area contributed by atoms with Crippen molar-refractivity contribution in [2.45, 2.75) is 90.2 Å². The summed E-state index contributed by atoms with van der Waals surface area (Å²) in [4.78, 5) is 27.9. The van der Waals surface area contributed by atoms with Gasteiger partial charge in [0.15, 0.2) is 0 Å². The lowest BCUT2D eigenvalue weighted by molar-refractivity contribution is -0.134. The van der Waals surface area contributed by atoms with Crippen molar-refractivity contribution in [3.05, 3.63) is 35.9 Å². The zero-order valence-corrected chi connectivity index (χ0v) is 19.6. The molecule has 5 nitrogen and oxygen atoms in total. The van der Waals surface area contributed by atoms with Crippen molar-refractivity contribution in [2.24, 2.45) is 11.8 Å². The van der Waals surface area contributed by atoms with E-state index in [-0.39, 0.29) is 5.91 Å². The molecule has 0 heterocycles. The van der Waals surface area contributed by atoms with Crippen molar-refractivity contribution < 1.29 is 14.3 Å². The lowest BCUT2D eigenvalue weighted by atomic mass is 10.0. The van der Waals surface area contributed by atoms with E-state index in [1.54, 1.807) is 0 Å². The number of ether oxygens (including phenoxy) is 1. The first-order valence-electron chi connectivity index (χ1n) is 12.1. The van der Waals surface area contributed by atoms with Crippen LogP contribution in [0.15, 0.2) is 30.3 Å². The van der Waals surface area contributed by atoms with Crippen LogP contribution in [-0.4, -0.2) is 41.6 Å². The van der Waals surface area contributed by atoms with Crippen molar-refractivity contribution in [2.75, 3.05) is 13.1 Å². The van der Waals surface area contributed by atoms with Gasteiger partial charge < -0.3 is 15.0 Å². The summed E-state index contributed by atoms with van der Waals surface area (Å²) >= 11 is 0. The molecule has 0 aromatic heterocycles. The van der Waals surface area contributed by atoms with Gasteiger partial charge in [-0.2, -0.15) is 0 Å². The molecule has 2 saturated carbocycles. The summed E-state index contributed by atoms with van der Waals surface area (Å²) < 4.78 is 5.45. The summed E-state index contributed by atoms with van der Waals surface area (Å²) in [6.07, 6.45) is 9.15.